The third-order valence-electron chi connectivity index (χ3n) is 5.75. The second-order valence-corrected chi connectivity index (χ2v) is 8.18. The molecule has 4 saturated carbocycles. The molecule has 1 amide bonds. The highest BCUT2D eigenvalue weighted by molar-refractivity contribution is 7.12. The molecule has 2 N–H and O–H groups in total. The summed E-state index contributed by atoms with van der Waals surface area (Å²) in [4.78, 5) is 12.8. The molecule has 0 aliphatic heterocycles. The van der Waals surface area contributed by atoms with Crippen molar-refractivity contribution in [2.24, 2.45) is 23.2 Å². The smallest absolute Gasteiger partial charge is 0.279 e. The van der Waals surface area contributed by atoms with Crippen LogP contribution in [-0.4, -0.2) is 5.91 Å². The predicted molar refractivity (Wildman–Crippen MR) is 84.7 cm³/mol. The van der Waals surface area contributed by atoms with Gasteiger partial charge in [0.15, 0.2) is 0 Å². The van der Waals surface area contributed by atoms with Crippen molar-refractivity contribution < 1.29 is 4.79 Å². The number of hydrogen-bond donors (Lipinski definition) is 2. The van der Waals surface area contributed by atoms with Crippen LogP contribution in [0.1, 0.15) is 48.2 Å². The average molecular weight is 302 g/mol. The summed E-state index contributed by atoms with van der Waals surface area (Å²) in [6.07, 6.45) is 8.06. The summed E-state index contributed by atoms with van der Waals surface area (Å²) in [5, 5.41) is 1.92. The van der Waals surface area contributed by atoms with Gasteiger partial charge in [0.2, 0.25) is 0 Å². The van der Waals surface area contributed by atoms with Gasteiger partial charge in [-0.3, -0.25) is 10.2 Å². The Morgan fingerprint density at radius 2 is 1.76 bits per heavy atom. The van der Waals surface area contributed by atoms with Crippen LogP contribution in [0, 0.1) is 23.2 Å². The molecular formula is C17H22N2OS. The Hall–Kier alpha value is -1.29. The van der Waals surface area contributed by atoms with Gasteiger partial charge in [-0.2, -0.15) is 0 Å². The highest BCUT2D eigenvalue weighted by atomic mass is 32.1. The summed E-state index contributed by atoms with van der Waals surface area (Å²) in [6, 6.07) is 3.74. The number of hydrogen-bond acceptors (Lipinski definition) is 3. The third-order valence-corrected chi connectivity index (χ3v) is 6.62. The van der Waals surface area contributed by atoms with Crippen LogP contribution in [0.3, 0.4) is 0 Å². The molecule has 3 nitrogen and oxygen atoms in total. The number of hydrazine groups is 1. The van der Waals surface area contributed by atoms with Gasteiger partial charge in [0.1, 0.15) is 0 Å². The molecule has 0 radical (unpaired) electrons. The molecule has 4 heteroatoms. The second kappa shape index (κ2) is 4.87. The van der Waals surface area contributed by atoms with E-state index in [-0.39, 0.29) is 11.3 Å². The number of allylic oxidation sites excluding steroid dienone is 1. The van der Waals surface area contributed by atoms with Crippen LogP contribution in [-0.2, 0) is 0 Å². The monoisotopic (exact) mass is 302 g/mol. The Bertz CT molecular complexity index is 528. The number of carbonyl (C=O) groups excluding carboxylic acids is 1. The van der Waals surface area contributed by atoms with E-state index in [1.807, 2.05) is 17.5 Å². The molecule has 1 heterocycles. The van der Waals surface area contributed by atoms with Gasteiger partial charge in [0.25, 0.3) is 5.91 Å². The zero-order valence-electron chi connectivity index (χ0n) is 12.2. The van der Waals surface area contributed by atoms with Gasteiger partial charge in [-0.15, -0.1) is 11.3 Å². The van der Waals surface area contributed by atoms with Crippen molar-refractivity contribution in [2.75, 3.05) is 0 Å². The predicted octanol–water partition coefficient (Wildman–Crippen LogP) is 3.71. The maximum atomic E-state index is 12.0. The number of amides is 1. The molecule has 1 aromatic heterocycles. The number of nitrogens with one attached hydrogen (secondary N) is 2. The first-order valence-corrected chi connectivity index (χ1v) is 8.82. The minimum absolute atomic E-state index is 0.0594. The van der Waals surface area contributed by atoms with Crippen molar-refractivity contribution >= 4 is 17.2 Å². The zero-order chi connectivity index (χ0) is 14.4. The van der Waals surface area contributed by atoms with E-state index in [0.717, 1.165) is 28.3 Å². The molecule has 0 aromatic carbocycles. The molecule has 5 rings (SSSR count). The van der Waals surface area contributed by atoms with Crippen LogP contribution < -0.4 is 10.9 Å². The fourth-order valence-electron chi connectivity index (χ4n) is 5.21. The van der Waals surface area contributed by atoms with Crippen molar-refractivity contribution in [2.45, 2.75) is 38.5 Å². The maximum absolute atomic E-state index is 12.0. The quantitative estimate of drug-likeness (QED) is 0.832. The zero-order valence-corrected chi connectivity index (χ0v) is 13.0. The van der Waals surface area contributed by atoms with Crippen molar-refractivity contribution in [3.63, 3.8) is 0 Å². The Kier molecular flexibility index (Phi) is 3.10. The topological polar surface area (TPSA) is 41.1 Å². The Morgan fingerprint density at radius 1 is 1.14 bits per heavy atom. The molecule has 4 aliphatic rings. The minimum atomic E-state index is -0.0594. The van der Waals surface area contributed by atoms with Crippen LogP contribution in [0.4, 0.5) is 0 Å². The highest BCUT2D eigenvalue weighted by Crippen LogP contribution is 2.61. The summed E-state index contributed by atoms with van der Waals surface area (Å²) in [6.45, 7) is 4.28. The lowest BCUT2D eigenvalue weighted by atomic mass is 9.49. The van der Waals surface area contributed by atoms with Crippen LogP contribution >= 0.6 is 11.3 Å². The normalized spacial score (nSPS) is 36.5. The Morgan fingerprint density at radius 3 is 2.29 bits per heavy atom. The lowest BCUT2D eigenvalue weighted by molar-refractivity contribution is -0.0343. The van der Waals surface area contributed by atoms with Crippen LogP contribution in [0.15, 0.2) is 29.8 Å². The van der Waals surface area contributed by atoms with E-state index in [9.17, 15) is 4.79 Å². The molecule has 21 heavy (non-hydrogen) atoms. The SMILES string of the molecule is C=C(NNC(=O)c1cccs1)C12CC3CC(CC(C3)C1)C2. The molecule has 0 atom stereocenters. The average Bonchev–Trinajstić information content (AvgIpc) is 2.97. The van der Waals surface area contributed by atoms with Crippen molar-refractivity contribution in [1.29, 1.82) is 0 Å². The summed E-state index contributed by atoms with van der Waals surface area (Å²) < 4.78 is 0. The van der Waals surface area contributed by atoms with E-state index in [2.05, 4.69) is 17.4 Å². The summed E-state index contributed by atoms with van der Waals surface area (Å²) in [5.41, 5.74) is 7.24. The largest absolute Gasteiger partial charge is 0.302 e. The summed E-state index contributed by atoms with van der Waals surface area (Å²) in [5.74, 6) is 2.62. The third kappa shape index (κ3) is 2.30. The fourth-order valence-corrected chi connectivity index (χ4v) is 5.83. The number of carbonyl (C=O) groups is 1. The number of thiophene rings is 1. The lowest BCUT2D eigenvalue weighted by Gasteiger charge is -2.57. The molecule has 1 aromatic rings. The van der Waals surface area contributed by atoms with Gasteiger partial charge >= 0.3 is 0 Å². The maximum Gasteiger partial charge on any atom is 0.279 e. The van der Waals surface area contributed by atoms with Crippen molar-refractivity contribution in [3.8, 4) is 0 Å². The molecule has 112 valence electrons. The molecule has 0 spiro atoms. The number of rotatable bonds is 4. The van der Waals surface area contributed by atoms with Gasteiger partial charge in [-0.05, 0) is 67.7 Å². The fraction of sp³-hybridized carbons (Fsp3) is 0.588. The van der Waals surface area contributed by atoms with Crippen LogP contribution in [0.25, 0.3) is 0 Å². The van der Waals surface area contributed by atoms with E-state index >= 15 is 0 Å². The van der Waals surface area contributed by atoms with Gasteiger partial charge in [-0.1, -0.05) is 12.6 Å². The van der Waals surface area contributed by atoms with Crippen molar-refractivity contribution in [3.05, 3.63) is 34.7 Å². The van der Waals surface area contributed by atoms with Crippen LogP contribution in [0.2, 0.25) is 0 Å². The molecule has 4 bridgehead atoms. The first-order chi connectivity index (χ1) is 10.1. The summed E-state index contributed by atoms with van der Waals surface area (Å²) in [7, 11) is 0. The van der Waals surface area contributed by atoms with E-state index < -0.39 is 0 Å². The van der Waals surface area contributed by atoms with E-state index in [4.69, 9.17) is 0 Å². The van der Waals surface area contributed by atoms with Gasteiger partial charge < -0.3 is 5.43 Å². The summed E-state index contributed by atoms with van der Waals surface area (Å²) >= 11 is 1.46. The molecule has 0 saturated heterocycles. The Balaban J connectivity index is 1.42. The van der Waals surface area contributed by atoms with Gasteiger partial charge in [0.05, 0.1) is 4.88 Å². The molecule has 4 aliphatic carbocycles. The minimum Gasteiger partial charge on any atom is -0.302 e. The molecular weight excluding hydrogens is 280 g/mol. The van der Waals surface area contributed by atoms with E-state index in [1.54, 1.807) is 0 Å². The standard InChI is InChI=1S/C17H22N2OS/c1-11(18-19-16(20)15-3-2-4-21-15)17-8-12-5-13(9-17)7-14(6-12)10-17/h2-4,12-14,18H,1,5-10H2,(H,19,20). The van der Waals surface area contributed by atoms with E-state index in [1.165, 1.54) is 49.9 Å². The highest BCUT2D eigenvalue weighted by Gasteiger charge is 2.52. The first-order valence-electron chi connectivity index (χ1n) is 7.94. The molecule has 4 fully saturated rings. The first kappa shape index (κ1) is 13.4. The van der Waals surface area contributed by atoms with E-state index in [0.29, 0.717) is 0 Å². The second-order valence-electron chi connectivity index (χ2n) is 7.23. The lowest BCUT2D eigenvalue weighted by Crippen LogP contribution is -2.51. The van der Waals surface area contributed by atoms with Crippen molar-refractivity contribution in [1.82, 2.24) is 10.9 Å². The molecule has 0 unspecified atom stereocenters. The van der Waals surface area contributed by atoms with Gasteiger partial charge in [0, 0.05) is 11.1 Å². The van der Waals surface area contributed by atoms with Gasteiger partial charge in [-0.25, -0.2) is 0 Å². The Labute approximate surface area is 129 Å². The van der Waals surface area contributed by atoms with Crippen LogP contribution in [0.5, 0.6) is 0 Å².